The number of hydrogen-bond acceptors (Lipinski definition) is 5. The molecule has 0 amide bonds. The van der Waals surface area contributed by atoms with Crippen molar-refractivity contribution in [1.82, 2.24) is 14.8 Å². The number of piperazine rings is 1. The van der Waals surface area contributed by atoms with Gasteiger partial charge in [-0.25, -0.2) is 4.98 Å². The number of halogens is 1. The van der Waals surface area contributed by atoms with Gasteiger partial charge in [0, 0.05) is 49.9 Å². The molecule has 1 atom stereocenters. The topological polar surface area (TPSA) is 52.7 Å². The van der Waals surface area contributed by atoms with Crippen molar-refractivity contribution in [3.63, 3.8) is 0 Å². The van der Waals surface area contributed by atoms with Crippen LogP contribution in [0.3, 0.4) is 0 Å². The SMILES string of the molecule is C[C@H](O)CN1CCN(Cc2coc(-c3ccc(Cl)cc3)n2)CC1. The van der Waals surface area contributed by atoms with E-state index in [-0.39, 0.29) is 6.10 Å². The fourth-order valence-electron chi connectivity index (χ4n) is 2.84. The Balaban J connectivity index is 1.55. The van der Waals surface area contributed by atoms with Gasteiger partial charge in [-0.15, -0.1) is 0 Å². The van der Waals surface area contributed by atoms with Crippen LogP contribution in [0.2, 0.25) is 5.02 Å². The summed E-state index contributed by atoms with van der Waals surface area (Å²) in [5.74, 6) is 0.629. The second-order valence-electron chi connectivity index (χ2n) is 6.08. The van der Waals surface area contributed by atoms with E-state index in [1.54, 1.807) is 6.26 Å². The third-order valence-electron chi connectivity index (χ3n) is 4.02. The molecule has 5 nitrogen and oxygen atoms in total. The maximum Gasteiger partial charge on any atom is 0.226 e. The van der Waals surface area contributed by atoms with Crippen LogP contribution in [0.1, 0.15) is 12.6 Å². The smallest absolute Gasteiger partial charge is 0.226 e. The highest BCUT2D eigenvalue weighted by Crippen LogP contribution is 2.21. The number of β-amino-alcohol motifs (C(OH)–C–C–N with tert-alkyl or cyclic N) is 1. The molecule has 1 saturated heterocycles. The first-order valence-corrected chi connectivity index (χ1v) is 8.31. The summed E-state index contributed by atoms with van der Waals surface area (Å²) >= 11 is 5.90. The van der Waals surface area contributed by atoms with Crippen LogP contribution in [0.25, 0.3) is 11.5 Å². The lowest BCUT2D eigenvalue weighted by Crippen LogP contribution is -2.47. The van der Waals surface area contributed by atoms with Crippen LogP contribution in [-0.4, -0.2) is 58.7 Å². The van der Waals surface area contributed by atoms with Crippen molar-refractivity contribution in [2.45, 2.75) is 19.6 Å². The van der Waals surface area contributed by atoms with E-state index in [1.807, 2.05) is 31.2 Å². The van der Waals surface area contributed by atoms with E-state index in [1.165, 1.54) is 0 Å². The molecule has 0 aliphatic carbocycles. The third-order valence-corrected chi connectivity index (χ3v) is 4.27. The summed E-state index contributed by atoms with van der Waals surface area (Å²) in [7, 11) is 0. The first-order valence-electron chi connectivity index (χ1n) is 7.93. The van der Waals surface area contributed by atoms with E-state index < -0.39 is 0 Å². The maximum absolute atomic E-state index is 9.45. The highest BCUT2D eigenvalue weighted by Gasteiger charge is 2.19. The van der Waals surface area contributed by atoms with Gasteiger partial charge in [-0.2, -0.15) is 0 Å². The molecule has 23 heavy (non-hydrogen) atoms. The van der Waals surface area contributed by atoms with Gasteiger partial charge in [-0.3, -0.25) is 9.80 Å². The molecule has 0 unspecified atom stereocenters. The zero-order valence-corrected chi connectivity index (χ0v) is 14.0. The third kappa shape index (κ3) is 4.54. The Kier molecular flexibility index (Phi) is 5.33. The Labute approximate surface area is 141 Å². The van der Waals surface area contributed by atoms with E-state index in [0.717, 1.165) is 50.5 Å². The highest BCUT2D eigenvalue weighted by molar-refractivity contribution is 6.30. The van der Waals surface area contributed by atoms with Gasteiger partial charge >= 0.3 is 0 Å². The maximum atomic E-state index is 9.45. The minimum Gasteiger partial charge on any atom is -0.444 e. The van der Waals surface area contributed by atoms with E-state index in [2.05, 4.69) is 14.8 Å². The molecule has 2 aromatic rings. The monoisotopic (exact) mass is 335 g/mol. The molecule has 2 heterocycles. The quantitative estimate of drug-likeness (QED) is 0.909. The van der Waals surface area contributed by atoms with Crippen molar-refractivity contribution in [3.8, 4) is 11.5 Å². The number of hydrogen-bond donors (Lipinski definition) is 1. The van der Waals surface area contributed by atoms with Crippen LogP contribution in [0.15, 0.2) is 34.9 Å². The van der Waals surface area contributed by atoms with Gasteiger partial charge in [0.05, 0.1) is 11.8 Å². The fourth-order valence-corrected chi connectivity index (χ4v) is 2.96. The van der Waals surface area contributed by atoms with Crippen molar-refractivity contribution in [2.75, 3.05) is 32.7 Å². The summed E-state index contributed by atoms with van der Waals surface area (Å²) in [4.78, 5) is 9.22. The van der Waals surface area contributed by atoms with E-state index in [4.69, 9.17) is 16.0 Å². The molecule has 1 aromatic heterocycles. The molecule has 124 valence electrons. The van der Waals surface area contributed by atoms with Gasteiger partial charge in [0.2, 0.25) is 5.89 Å². The van der Waals surface area contributed by atoms with Crippen molar-refractivity contribution < 1.29 is 9.52 Å². The molecular weight excluding hydrogens is 314 g/mol. The molecule has 3 rings (SSSR count). The second-order valence-corrected chi connectivity index (χ2v) is 6.51. The first-order chi connectivity index (χ1) is 11.1. The molecule has 1 fully saturated rings. The van der Waals surface area contributed by atoms with Crippen LogP contribution in [0.5, 0.6) is 0 Å². The second kappa shape index (κ2) is 7.45. The molecule has 1 aliphatic heterocycles. The number of aliphatic hydroxyl groups is 1. The number of oxazole rings is 1. The van der Waals surface area contributed by atoms with Gasteiger partial charge in [-0.1, -0.05) is 11.6 Å². The fraction of sp³-hybridized carbons (Fsp3) is 0.471. The Hall–Kier alpha value is -1.40. The van der Waals surface area contributed by atoms with Gasteiger partial charge in [0.1, 0.15) is 6.26 Å². The number of aliphatic hydroxyl groups excluding tert-OH is 1. The minimum atomic E-state index is -0.265. The predicted molar refractivity (Wildman–Crippen MR) is 90.3 cm³/mol. The van der Waals surface area contributed by atoms with Crippen molar-refractivity contribution in [3.05, 3.63) is 41.2 Å². The van der Waals surface area contributed by atoms with Crippen molar-refractivity contribution in [1.29, 1.82) is 0 Å². The largest absolute Gasteiger partial charge is 0.444 e. The highest BCUT2D eigenvalue weighted by atomic mass is 35.5. The Morgan fingerprint density at radius 1 is 1.17 bits per heavy atom. The Morgan fingerprint density at radius 2 is 1.83 bits per heavy atom. The summed E-state index contributed by atoms with van der Waals surface area (Å²) in [6.45, 7) is 7.30. The van der Waals surface area contributed by atoms with Gasteiger partial charge in [-0.05, 0) is 31.2 Å². The van der Waals surface area contributed by atoms with Crippen molar-refractivity contribution in [2.24, 2.45) is 0 Å². The molecule has 1 aromatic carbocycles. The number of aromatic nitrogens is 1. The summed E-state index contributed by atoms with van der Waals surface area (Å²) in [6, 6.07) is 7.49. The lowest BCUT2D eigenvalue weighted by Gasteiger charge is -2.34. The summed E-state index contributed by atoms with van der Waals surface area (Å²) in [6.07, 6.45) is 1.46. The number of nitrogens with zero attached hydrogens (tertiary/aromatic N) is 3. The summed E-state index contributed by atoms with van der Waals surface area (Å²) < 4.78 is 5.58. The van der Waals surface area contributed by atoms with Crippen LogP contribution >= 0.6 is 11.6 Å². The molecule has 0 bridgehead atoms. The first kappa shape index (κ1) is 16.5. The average Bonchev–Trinajstić information content (AvgIpc) is 2.98. The van der Waals surface area contributed by atoms with Gasteiger partial charge in [0.15, 0.2) is 0 Å². The molecule has 1 aliphatic rings. The van der Waals surface area contributed by atoms with Crippen molar-refractivity contribution >= 4 is 11.6 Å². The zero-order chi connectivity index (χ0) is 16.2. The van der Waals surface area contributed by atoms with Crippen LogP contribution in [0.4, 0.5) is 0 Å². The van der Waals surface area contributed by atoms with Crippen LogP contribution in [-0.2, 0) is 6.54 Å². The Bertz CT molecular complexity index is 619. The zero-order valence-electron chi connectivity index (χ0n) is 13.3. The standard InChI is InChI=1S/C17H22ClN3O2/c1-13(22)10-20-6-8-21(9-7-20)11-16-12-23-17(19-16)14-2-4-15(18)5-3-14/h2-5,12-13,22H,6-11H2,1H3/t13-/m0/s1. The molecule has 0 radical (unpaired) electrons. The van der Waals surface area contributed by atoms with E-state index in [9.17, 15) is 5.11 Å². The van der Waals surface area contributed by atoms with E-state index >= 15 is 0 Å². The van der Waals surface area contributed by atoms with E-state index in [0.29, 0.717) is 10.9 Å². The number of rotatable bonds is 5. The molecule has 6 heteroatoms. The predicted octanol–water partition coefficient (Wildman–Crippen LogP) is 2.49. The summed E-state index contributed by atoms with van der Waals surface area (Å²) in [5, 5.41) is 10.2. The normalized spacial score (nSPS) is 18.2. The average molecular weight is 336 g/mol. The summed E-state index contributed by atoms with van der Waals surface area (Å²) in [5.41, 5.74) is 1.88. The Morgan fingerprint density at radius 3 is 2.48 bits per heavy atom. The van der Waals surface area contributed by atoms with Gasteiger partial charge < -0.3 is 9.52 Å². The minimum absolute atomic E-state index is 0.265. The van der Waals surface area contributed by atoms with Crippen LogP contribution < -0.4 is 0 Å². The lowest BCUT2D eigenvalue weighted by atomic mass is 10.2. The molecule has 1 N–H and O–H groups in total. The molecule has 0 saturated carbocycles. The molecular formula is C17H22ClN3O2. The van der Waals surface area contributed by atoms with Crippen LogP contribution in [0, 0.1) is 0 Å². The lowest BCUT2D eigenvalue weighted by molar-refractivity contribution is 0.0776. The molecule has 0 spiro atoms. The number of benzene rings is 1. The van der Waals surface area contributed by atoms with Gasteiger partial charge in [0.25, 0.3) is 0 Å².